The van der Waals surface area contributed by atoms with Crippen LogP contribution in [0.25, 0.3) is 6.08 Å². The van der Waals surface area contributed by atoms with E-state index >= 15 is 0 Å². The average molecular weight is 145 g/mol. The van der Waals surface area contributed by atoms with Gasteiger partial charge in [-0.15, -0.1) is 0 Å². The van der Waals surface area contributed by atoms with E-state index in [1.807, 2.05) is 6.07 Å². The summed E-state index contributed by atoms with van der Waals surface area (Å²) in [7, 11) is 0. The van der Waals surface area contributed by atoms with E-state index in [4.69, 9.17) is 0 Å². The van der Waals surface area contributed by atoms with Crippen LogP contribution in [0.5, 0.6) is 0 Å². The van der Waals surface area contributed by atoms with E-state index in [1.165, 1.54) is 5.56 Å². The largest absolute Gasteiger partial charge is 0.0837 e. The Morgan fingerprint density at radius 1 is 1.18 bits per heavy atom. The lowest BCUT2D eigenvalue weighted by molar-refractivity contribution is 1.22. The van der Waals surface area contributed by atoms with Gasteiger partial charge in [0.05, 0.1) is 0 Å². The summed E-state index contributed by atoms with van der Waals surface area (Å²) in [6.45, 7) is 2.06. The highest BCUT2D eigenvalue weighted by Crippen LogP contribution is 2.01. The van der Waals surface area contributed by atoms with Crippen LogP contribution >= 0.6 is 0 Å². The van der Waals surface area contributed by atoms with Crippen LogP contribution in [0.15, 0.2) is 36.4 Å². The van der Waals surface area contributed by atoms with Crippen LogP contribution in [-0.4, -0.2) is 0 Å². The van der Waals surface area contributed by atoms with E-state index < -0.39 is 0 Å². The van der Waals surface area contributed by atoms with Crippen molar-refractivity contribution in [1.82, 2.24) is 0 Å². The molecule has 0 atom stereocenters. The first-order valence-electron chi connectivity index (χ1n) is 3.93. The van der Waals surface area contributed by atoms with E-state index in [9.17, 15) is 0 Å². The molecule has 57 valence electrons. The van der Waals surface area contributed by atoms with Gasteiger partial charge in [-0.2, -0.15) is 0 Å². The van der Waals surface area contributed by atoms with Crippen molar-refractivity contribution in [1.29, 1.82) is 0 Å². The molecule has 0 spiro atoms. The molecule has 0 amide bonds. The second-order valence-corrected chi connectivity index (χ2v) is 2.46. The van der Waals surface area contributed by atoms with Gasteiger partial charge in [0.1, 0.15) is 0 Å². The van der Waals surface area contributed by atoms with Crippen LogP contribution in [-0.2, 0) is 0 Å². The molecule has 0 aliphatic rings. The molecule has 0 saturated carbocycles. The van der Waals surface area contributed by atoms with Gasteiger partial charge >= 0.3 is 0 Å². The van der Waals surface area contributed by atoms with E-state index in [0.29, 0.717) is 0 Å². The Hall–Kier alpha value is -1.04. The fourth-order valence-electron chi connectivity index (χ4n) is 0.904. The molecular weight excluding hydrogens is 132 g/mol. The molecule has 0 nitrogen and oxygen atoms in total. The van der Waals surface area contributed by atoms with E-state index in [0.717, 1.165) is 6.42 Å². The summed E-state index contributed by atoms with van der Waals surface area (Å²) in [4.78, 5) is 0. The lowest BCUT2D eigenvalue weighted by atomic mass is 10.2. The van der Waals surface area contributed by atoms with Gasteiger partial charge in [0.25, 0.3) is 0 Å². The van der Waals surface area contributed by atoms with E-state index in [2.05, 4.69) is 49.8 Å². The van der Waals surface area contributed by atoms with Crippen molar-refractivity contribution in [3.63, 3.8) is 0 Å². The first-order chi connectivity index (χ1) is 5.43. The van der Waals surface area contributed by atoms with Crippen LogP contribution in [0.4, 0.5) is 0 Å². The minimum absolute atomic E-state index is 1.05. The SMILES string of the molecule is C[CH]C/C=C/c1ccccc1. The molecule has 11 heavy (non-hydrogen) atoms. The van der Waals surface area contributed by atoms with Gasteiger partial charge in [0.15, 0.2) is 0 Å². The Kier molecular flexibility index (Phi) is 3.46. The summed E-state index contributed by atoms with van der Waals surface area (Å²) < 4.78 is 0. The number of rotatable bonds is 3. The summed E-state index contributed by atoms with van der Waals surface area (Å²) in [5.41, 5.74) is 1.27. The molecule has 0 bridgehead atoms. The molecule has 0 aromatic heterocycles. The summed E-state index contributed by atoms with van der Waals surface area (Å²) in [6, 6.07) is 10.3. The molecule has 1 radical (unpaired) electrons. The quantitative estimate of drug-likeness (QED) is 0.612. The Morgan fingerprint density at radius 2 is 1.91 bits per heavy atom. The highest BCUT2D eigenvalue weighted by molar-refractivity contribution is 5.48. The van der Waals surface area contributed by atoms with Crippen molar-refractivity contribution in [3.05, 3.63) is 48.4 Å². The van der Waals surface area contributed by atoms with Crippen molar-refractivity contribution < 1.29 is 0 Å². The molecule has 0 N–H and O–H groups in total. The second kappa shape index (κ2) is 4.73. The molecule has 0 fully saturated rings. The maximum Gasteiger partial charge on any atom is -0.0260 e. The minimum atomic E-state index is 1.05. The average Bonchev–Trinajstić information content (AvgIpc) is 2.07. The Balaban J connectivity index is 2.50. The molecule has 0 aliphatic carbocycles. The molecule has 0 heteroatoms. The topological polar surface area (TPSA) is 0 Å². The Bertz CT molecular complexity index is 209. The normalized spacial score (nSPS) is 10.6. The second-order valence-electron chi connectivity index (χ2n) is 2.46. The predicted octanol–water partition coefficient (Wildman–Crippen LogP) is 3.31. The van der Waals surface area contributed by atoms with Crippen molar-refractivity contribution in [2.24, 2.45) is 0 Å². The molecule has 0 unspecified atom stereocenters. The lowest BCUT2D eigenvalue weighted by Gasteiger charge is -1.89. The molecule has 1 aromatic rings. The van der Waals surface area contributed by atoms with Crippen molar-refractivity contribution in [2.45, 2.75) is 13.3 Å². The number of hydrogen-bond acceptors (Lipinski definition) is 0. The third kappa shape index (κ3) is 3.03. The fraction of sp³-hybridized carbons (Fsp3) is 0.182. The van der Waals surface area contributed by atoms with Gasteiger partial charge < -0.3 is 0 Å². The zero-order chi connectivity index (χ0) is 7.94. The molecule has 1 rings (SSSR count). The summed E-state index contributed by atoms with van der Waals surface area (Å²) >= 11 is 0. The standard InChI is InChI=1S/C11H13/c1-2-3-5-8-11-9-6-4-7-10-11/h2,4-10H,3H2,1H3/b8-5+. The first-order valence-corrected chi connectivity index (χ1v) is 3.93. The van der Waals surface area contributed by atoms with Crippen molar-refractivity contribution >= 4 is 6.08 Å². The van der Waals surface area contributed by atoms with Crippen LogP contribution < -0.4 is 0 Å². The van der Waals surface area contributed by atoms with Gasteiger partial charge in [0.2, 0.25) is 0 Å². The predicted molar refractivity (Wildman–Crippen MR) is 50.1 cm³/mol. The van der Waals surface area contributed by atoms with E-state index in [1.54, 1.807) is 0 Å². The van der Waals surface area contributed by atoms with Crippen LogP contribution in [0.1, 0.15) is 18.9 Å². The van der Waals surface area contributed by atoms with Gasteiger partial charge in [-0.1, -0.05) is 49.4 Å². The number of unbranched alkanes of at least 4 members (excludes halogenated alkanes) is 1. The molecule has 1 aromatic carbocycles. The summed E-state index contributed by atoms with van der Waals surface area (Å²) in [5.74, 6) is 0. The number of allylic oxidation sites excluding steroid dienone is 1. The van der Waals surface area contributed by atoms with Gasteiger partial charge in [-0.3, -0.25) is 0 Å². The van der Waals surface area contributed by atoms with Crippen LogP contribution in [0.2, 0.25) is 0 Å². The van der Waals surface area contributed by atoms with Crippen molar-refractivity contribution in [2.75, 3.05) is 0 Å². The van der Waals surface area contributed by atoms with Crippen LogP contribution in [0.3, 0.4) is 0 Å². The third-order valence-corrected chi connectivity index (χ3v) is 1.48. The maximum absolute atomic E-state index is 2.16. The van der Waals surface area contributed by atoms with Crippen molar-refractivity contribution in [3.8, 4) is 0 Å². The zero-order valence-electron chi connectivity index (χ0n) is 6.83. The van der Waals surface area contributed by atoms with E-state index in [-0.39, 0.29) is 0 Å². The zero-order valence-corrected chi connectivity index (χ0v) is 6.83. The molecule has 0 aliphatic heterocycles. The summed E-state index contributed by atoms with van der Waals surface area (Å²) in [6.07, 6.45) is 7.49. The van der Waals surface area contributed by atoms with Crippen LogP contribution in [0, 0.1) is 6.42 Å². The number of hydrogen-bond donors (Lipinski definition) is 0. The highest BCUT2D eigenvalue weighted by Gasteiger charge is 1.80. The molecular formula is C11H13. The first kappa shape index (κ1) is 8.06. The smallest absolute Gasteiger partial charge is 0.0260 e. The molecule has 0 saturated heterocycles. The third-order valence-electron chi connectivity index (χ3n) is 1.48. The molecule has 0 heterocycles. The highest BCUT2D eigenvalue weighted by atomic mass is 13.9. The monoisotopic (exact) mass is 145 g/mol. The summed E-state index contributed by atoms with van der Waals surface area (Å²) in [5, 5.41) is 0. The minimum Gasteiger partial charge on any atom is -0.0837 e. The fourth-order valence-corrected chi connectivity index (χ4v) is 0.904. The Morgan fingerprint density at radius 3 is 2.55 bits per heavy atom. The van der Waals surface area contributed by atoms with Gasteiger partial charge in [-0.05, 0) is 18.4 Å². The van der Waals surface area contributed by atoms with Gasteiger partial charge in [-0.25, -0.2) is 0 Å². The number of benzene rings is 1. The van der Waals surface area contributed by atoms with Gasteiger partial charge in [0, 0.05) is 0 Å². The maximum atomic E-state index is 2.16. The Labute approximate surface area is 68.6 Å². The lowest BCUT2D eigenvalue weighted by Crippen LogP contribution is -1.68.